The predicted octanol–water partition coefficient (Wildman–Crippen LogP) is -0.735. The van der Waals surface area contributed by atoms with Gasteiger partial charge in [0, 0.05) is 23.7 Å². The summed E-state index contributed by atoms with van der Waals surface area (Å²) in [6.45, 7) is 9.97. The van der Waals surface area contributed by atoms with E-state index in [1.807, 2.05) is 0 Å². The van der Waals surface area contributed by atoms with Crippen LogP contribution in [-0.4, -0.2) is 187 Å². The van der Waals surface area contributed by atoms with Gasteiger partial charge in [-0.05, 0) is 93.3 Å². The van der Waals surface area contributed by atoms with Crippen molar-refractivity contribution < 1.29 is 89.0 Å². The first-order chi connectivity index (χ1) is 29.9. The second-order valence-corrected chi connectivity index (χ2v) is 21.6. The van der Waals surface area contributed by atoms with Crippen molar-refractivity contribution in [2.75, 3.05) is 19.8 Å². The summed E-state index contributed by atoms with van der Waals surface area (Å²) in [5.74, 6) is 1.70. The monoisotopic (exact) mass is 902 g/mol. The summed E-state index contributed by atoms with van der Waals surface area (Å²) in [5.41, 5.74) is -0.346. The van der Waals surface area contributed by atoms with Crippen molar-refractivity contribution in [1.82, 2.24) is 0 Å². The van der Waals surface area contributed by atoms with E-state index in [-0.39, 0.29) is 40.8 Å². The van der Waals surface area contributed by atoms with Crippen LogP contribution in [0.5, 0.6) is 0 Å². The van der Waals surface area contributed by atoms with E-state index in [0.717, 1.165) is 44.9 Å². The molecule has 1 spiro atoms. The lowest BCUT2D eigenvalue weighted by molar-refractivity contribution is -0.390. The topological polar surface area (TPSA) is 276 Å². The first kappa shape index (κ1) is 47.4. The summed E-state index contributed by atoms with van der Waals surface area (Å²) in [5, 5.41) is 108. The van der Waals surface area contributed by atoms with Crippen LogP contribution in [0.2, 0.25) is 0 Å². The van der Waals surface area contributed by atoms with Crippen molar-refractivity contribution in [2.45, 2.75) is 209 Å². The predicted molar refractivity (Wildman–Crippen MR) is 216 cm³/mol. The van der Waals surface area contributed by atoms with Crippen molar-refractivity contribution >= 4 is 0 Å². The van der Waals surface area contributed by atoms with Gasteiger partial charge in [-0.3, -0.25) is 0 Å². The molecule has 0 bridgehead atoms. The van der Waals surface area contributed by atoms with Crippen LogP contribution < -0.4 is 0 Å². The quantitative estimate of drug-likeness (QED) is 0.134. The van der Waals surface area contributed by atoms with Gasteiger partial charge in [0.25, 0.3) is 0 Å². The Bertz CT molecular complexity index is 1580. The van der Waals surface area contributed by atoms with Gasteiger partial charge >= 0.3 is 0 Å². The third kappa shape index (κ3) is 7.70. The molecule has 4 saturated carbocycles. The molecule has 5 heterocycles. The molecule has 0 aromatic rings. The molecule has 28 atom stereocenters. The van der Waals surface area contributed by atoms with Gasteiger partial charge in [-0.2, -0.15) is 0 Å². The van der Waals surface area contributed by atoms with Crippen LogP contribution in [0.4, 0.5) is 0 Å². The van der Waals surface area contributed by atoms with Crippen LogP contribution >= 0.6 is 0 Å². The van der Waals surface area contributed by atoms with Gasteiger partial charge in [-0.25, -0.2) is 0 Å². The zero-order chi connectivity index (χ0) is 45.1. The summed E-state index contributed by atoms with van der Waals surface area (Å²) in [4.78, 5) is 0. The van der Waals surface area contributed by atoms with Crippen LogP contribution in [0.1, 0.15) is 92.4 Å². The molecule has 9 fully saturated rings. The Morgan fingerprint density at radius 1 is 0.603 bits per heavy atom. The van der Waals surface area contributed by atoms with Crippen molar-refractivity contribution in [3.63, 3.8) is 0 Å². The number of aliphatic hydroxyl groups excluding tert-OH is 10. The van der Waals surface area contributed by atoms with Crippen LogP contribution in [-0.2, 0) is 37.9 Å². The smallest absolute Gasteiger partial charge is 0.187 e. The Morgan fingerprint density at radius 3 is 1.95 bits per heavy atom. The molecule has 18 nitrogen and oxygen atoms in total. The molecule has 10 N–H and O–H groups in total. The largest absolute Gasteiger partial charge is 0.394 e. The summed E-state index contributed by atoms with van der Waals surface area (Å²) >= 11 is 0. The number of hydrogen-bond acceptors (Lipinski definition) is 18. The molecule has 5 saturated heterocycles. The highest BCUT2D eigenvalue weighted by Gasteiger charge is 2.71. The van der Waals surface area contributed by atoms with E-state index < -0.39 is 117 Å². The van der Waals surface area contributed by atoms with E-state index in [2.05, 4.69) is 27.7 Å². The van der Waals surface area contributed by atoms with Crippen molar-refractivity contribution in [1.29, 1.82) is 0 Å². The second kappa shape index (κ2) is 17.7. The highest BCUT2D eigenvalue weighted by molar-refractivity contribution is 5.18. The fraction of sp³-hybridized carbons (Fsp3) is 1.00. The van der Waals surface area contributed by atoms with E-state index in [9.17, 15) is 51.1 Å². The molecule has 9 rings (SSSR count). The van der Waals surface area contributed by atoms with Gasteiger partial charge in [0.1, 0.15) is 67.1 Å². The Hall–Kier alpha value is -0.720. The van der Waals surface area contributed by atoms with Gasteiger partial charge in [-0.15, -0.1) is 0 Å². The number of ether oxygens (including phenoxy) is 8. The lowest BCUT2D eigenvalue weighted by Gasteiger charge is -2.62. The van der Waals surface area contributed by atoms with Gasteiger partial charge < -0.3 is 89.0 Å². The number of aliphatic hydroxyl groups is 10. The lowest BCUT2D eigenvalue weighted by Crippen LogP contribution is -2.67. The number of rotatable bonds is 8. The second-order valence-electron chi connectivity index (χ2n) is 21.6. The molecule has 0 radical (unpaired) electrons. The molecular weight excluding hydrogens is 828 g/mol. The molecule has 5 aliphatic heterocycles. The Kier molecular flexibility index (Phi) is 13.3. The maximum absolute atomic E-state index is 12.3. The first-order valence-electron chi connectivity index (χ1n) is 23.8. The third-order valence-electron chi connectivity index (χ3n) is 18.4. The minimum Gasteiger partial charge on any atom is -0.394 e. The molecule has 0 aromatic carbocycles. The minimum absolute atomic E-state index is 0.0640. The summed E-state index contributed by atoms with van der Waals surface area (Å²) < 4.78 is 49.8. The molecule has 63 heavy (non-hydrogen) atoms. The fourth-order valence-electron chi connectivity index (χ4n) is 14.6. The van der Waals surface area contributed by atoms with Crippen LogP contribution in [0.15, 0.2) is 0 Å². The van der Waals surface area contributed by atoms with Gasteiger partial charge in [0.15, 0.2) is 24.7 Å². The zero-order valence-corrected chi connectivity index (χ0v) is 37.2. The summed E-state index contributed by atoms with van der Waals surface area (Å²) in [6.07, 6.45) is -16.2. The molecule has 0 amide bonds. The molecule has 0 unspecified atom stereocenters. The van der Waals surface area contributed by atoms with Gasteiger partial charge in [0.05, 0.1) is 44.2 Å². The van der Waals surface area contributed by atoms with E-state index >= 15 is 0 Å². The number of fused-ring (bicyclic) bond motifs is 7. The Balaban J connectivity index is 0.910. The van der Waals surface area contributed by atoms with Crippen molar-refractivity contribution in [2.24, 2.45) is 52.3 Å². The Morgan fingerprint density at radius 2 is 1.27 bits per heavy atom. The molecule has 362 valence electrons. The SMILES string of the molecule is C[C@@H]1CC[C@@]2(OC1)O[C@H]1C[C@H]3[C@@H]4CC[C@H]5C[C@@H](O[C@@H]6O[C@H](CO)[C@@H](O[C@@H]7O[C@H](CO)[C@@H](O)[C@H](O)[C@H]7O)[C@H](O)[C@H]6O[C@@H]6O[C@@H](C)[C@H](O)[C@@H](O)[C@H]6O)CC[C@]5(C)[C@H]4C[C@H](O)[C@]3(C)[C@H]1[C@@H]2C. The van der Waals surface area contributed by atoms with Crippen LogP contribution in [0, 0.1) is 52.3 Å². The van der Waals surface area contributed by atoms with E-state index in [1.165, 1.54) is 6.92 Å². The number of hydrogen-bond donors (Lipinski definition) is 10. The van der Waals surface area contributed by atoms with Gasteiger partial charge in [-0.1, -0.05) is 27.7 Å². The average molecular weight is 903 g/mol. The van der Waals surface area contributed by atoms with Crippen LogP contribution in [0.3, 0.4) is 0 Å². The zero-order valence-electron chi connectivity index (χ0n) is 37.2. The van der Waals surface area contributed by atoms with Crippen molar-refractivity contribution in [3.05, 3.63) is 0 Å². The summed E-state index contributed by atoms with van der Waals surface area (Å²) in [6, 6.07) is 0. The third-order valence-corrected chi connectivity index (χ3v) is 18.4. The molecule has 18 heteroatoms. The normalized spacial score (nSPS) is 59.4. The molecule has 4 aliphatic carbocycles. The first-order valence-corrected chi connectivity index (χ1v) is 23.8. The van der Waals surface area contributed by atoms with Crippen LogP contribution in [0.25, 0.3) is 0 Å². The van der Waals surface area contributed by atoms with Crippen molar-refractivity contribution in [3.8, 4) is 0 Å². The van der Waals surface area contributed by atoms with E-state index in [4.69, 9.17) is 37.9 Å². The highest BCUT2D eigenvalue weighted by Crippen LogP contribution is 2.71. The lowest BCUT2D eigenvalue weighted by atomic mass is 9.43. The fourth-order valence-corrected chi connectivity index (χ4v) is 14.6. The van der Waals surface area contributed by atoms with E-state index in [1.54, 1.807) is 0 Å². The average Bonchev–Trinajstić information content (AvgIpc) is 3.71. The Labute approximate surface area is 369 Å². The highest BCUT2D eigenvalue weighted by atomic mass is 16.8. The summed E-state index contributed by atoms with van der Waals surface area (Å²) in [7, 11) is 0. The van der Waals surface area contributed by atoms with Gasteiger partial charge in [0.2, 0.25) is 0 Å². The molecular formula is C45H74O18. The van der Waals surface area contributed by atoms with E-state index in [0.29, 0.717) is 43.1 Å². The minimum atomic E-state index is -1.83. The molecule has 0 aromatic heterocycles. The molecule has 9 aliphatic rings. The maximum atomic E-state index is 12.3. The maximum Gasteiger partial charge on any atom is 0.187 e. The standard InChI is InChI=1S/C45H74O18/c1-18-8-11-45(56-17-18)19(2)30-26(63-45)13-25-23-7-6-21-12-22(9-10-43(21,4)24(23)14-29(48)44(25,30)5)58-42-39(62-40-35(53)33(51)31(49)20(3)57-40)37(55)38(28(16-47)60-42)61-41-36(54)34(52)32(50)27(15-46)59-41/h18-42,46-55H,6-17H2,1-5H3/t18-,19+,20+,21+,22+,23-,24+,25+,26+,27-,28-,29+,30+,31+,32-,33-,34+,35-,36-,37+,38-,39-,40+,41+,42-,43+,44-,45-/m1/s1.